The van der Waals surface area contributed by atoms with Crippen molar-refractivity contribution in [3.05, 3.63) is 64.7 Å². The number of rotatable bonds is 4. The van der Waals surface area contributed by atoms with Crippen LogP contribution >= 0.6 is 11.6 Å². The predicted molar refractivity (Wildman–Crippen MR) is 79.5 cm³/mol. The second-order valence-electron chi connectivity index (χ2n) is 4.65. The molecule has 0 saturated heterocycles. The summed E-state index contributed by atoms with van der Waals surface area (Å²) in [6, 6.07) is 15.7. The minimum absolute atomic E-state index is 0.0295. The smallest absolute Gasteiger partial charge is 0.138 e. The van der Waals surface area contributed by atoms with E-state index in [0.29, 0.717) is 10.8 Å². The van der Waals surface area contributed by atoms with Crippen LogP contribution in [0.1, 0.15) is 37.1 Å². The predicted octanol–water partition coefficient (Wildman–Crippen LogP) is 4.50. The molecule has 2 unspecified atom stereocenters. The van der Waals surface area contributed by atoms with Crippen molar-refractivity contribution < 1.29 is 4.74 Å². The van der Waals surface area contributed by atoms with E-state index in [4.69, 9.17) is 22.1 Å². The van der Waals surface area contributed by atoms with Crippen molar-refractivity contribution in [3.63, 3.8) is 0 Å². The van der Waals surface area contributed by atoms with Gasteiger partial charge >= 0.3 is 0 Å². The SMILES string of the molecule is CC(N)c1ccc(OC(C)c2ccccc2)c(Cl)c1. The summed E-state index contributed by atoms with van der Waals surface area (Å²) in [6.07, 6.45) is -0.0418. The van der Waals surface area contributed by atoms with Crippen molar-refractivity contribution in [1.82, 2.24) is 0 Å². The number of ether oxygens (including phenoxy) is 1. The Kier molecular flexibility index (Phi) is 4.46. The molecule has 0 aliphatic carbocycles. The van der Waals surface area contributed by atoms with Crippen LogP contribution in [-0.4, -0.2) is 0 Å². The van der Waals surface area contributed by atoms with E-state index in [1.807, 2.05) is 62.4 Å². The van der Waals surface area contributed by atoms with Crippen LogP contribution in [0.5, 0.6) is 5.75 Å². The van der Waals surface area contributed by atoms with E-state index in [2.05, 4.69) is 0 Å². The van der Waals surface area contributed by atoms with Crippen LogP contribution in [0.25, 0.3) is 0 Å². The Bertz CT molecular complexity index is 540. The molecule has 0 aliphatic heterocycles. The lowest BCUT2D eigenvalue weighted by Gasteiger charge is -2.17. The summed E-state index contributed by atoms with van der Waals surface area (Å²) in [7, 11) is 0. The molecule has 2 aromatic rings. The summed E-state index contributed by atoms with van der Waals surface area (Å²) in [5.41, 5.74) is 7.95. The van der Waals surface area contributed by atoms with Gasteiger partial charge in [0.25, 0.3) is 0 Å². The molecule has 0 aliphatic rings. The second-order valence-corrected chi connectivity index (χ2v) is 5.06. The van der Waals surface area contributed by atoms with Crippen LogP contribution in [-0.2, 0) is 0 Å². The Balaban J connectivity index is 2.15. The zero-order valence-electron chi connectivity index (χ0n) is 11.1. The van der Waals surface area contributed by atoms with E-state index >= 15 is 0 Å². The van der Waals surface area contributed by atoms with Crippen molar-refractivity contribution in [3.8, 4) is 5.75 Å². The standard InChI is InChI=1S/C16H18ClNO/c1-11(18)14-8-9-16(15(17)10-14)19-12(2)13-6-4-3-5-7-13/h3-12H,18H2,1-2H3. The van der Waals surface area contributed by atoms with Crippen molar-refractivity contribution >= 4 is 11.6 Å². The Labute approximate surface area is 119 Å². The number of hydrogen-bond acceptors (Lipinski definition) is 2. The molecule has 2 aromatic carbocycles. The molecule has 0 fully saturated rings. The normalized spacial score (nSPS) is 13.9. The maximum atomic E-state index is 6.22. The molecule has 0 bridgehead atoms. The highest BCUT2D eigenvalue weighted by Crippen LogP contribution is 2.31. The maximum absolute atomic E-state index is 6.22. The lowest BCUT2D eigenvalue weighted by Crippen LogP contribution is -2.06. The molecule has 2 nitrogen and oxygen atoms in total. The lowest BCUT2D eigenvalue weighted by atomic mass is 10.1. The minimum Gasteiger partial charge on any atom is -0.484 e. The summed E-state index contributed by atoms with van der Waals surface area (Å²) in [6.45, 7) is 3.93. The number of benzene rings is 2. The number of halogens is 1. The Morgan fingerprint density at radius 3 is 2.26 bits per heavy atom. The van der Waals surface area contributed by atoms with E-state index in [9.17, 15) is 0 Å². The molecule has 2 rings (SSSR count). The molecule has 0 amide bonds. The van der Waals surface area contributed by atoms with Crippen molar-refractivity contribution in [1.29, 1.82) is 0 Å². The van der Waals surface area contributed by atoms with Gasteiger partial charge in [-0.15, -0.1) is 0 Å². The van der Waals surface area contributed by atoms with Crippen LogP contribution < -0.4 is 10.5 Å². The summed E-state index contributed by atoms with van der Waals surface area (Å²) >= 11 is 6.22. The molecule has 0 radical (unpaired) electrons. The quantitative estimate of drug-likeness (QED) is 0.892. The third-order valence-electron chi connectivity index (χ3n) is 3.05. The molecule has 0 saturated carbocycles. The van der Waals surface area contributed by atoms with E-state index in [1.54, 1.807) is 0 Å². The molecule has 0 aromatic heterocycles. The monoisotopic (exact) mass is 275 g/mol. The molecular formula is C16H18ClNO. The van der Waals surface area contributed by atoms with Crippen LogP contribution in [0, 0.1) is 0 Å². The molecule has 2 N–H and O–H groups in total. The van der Waals surface area contributed by atoms with Gasteiger partial charge in [0.05, 0.1) is 5.02 Å². The van der Waals surface area contributed by atoms with Gasteiger partial charge in [0.2, 0.25) is 0 Å². The van der Waals surface area contributed by atoms with E-state index in [1.165, 1.54) is 0 Å². The van der Waals surface area contributed by atoms with Gasteiger partial charge in [-0.05, 0) is 37.1 Å². The Morgan fingerprint density at radius 2 is 1.68 bits per heavy atom. The molecule has 2 atom stereocenters. The third kappa shape index (κ3) is 3.49. The van der Waals surface area contributed by atoms with Gasteiger partial charge in [0, 0.05) is 6.04 Å². The van der Waals surface area contributed by atoms with Crippen molar-refractivity contribution in [2.75, 3.05) is 0 Å². The van der Waals surface area contributed by atoms with Crippen molar-refractivity contribution in [2.45, 2.75) is 26.0 Å². The van der Waals surface area contributed by atoms with Crippen molar-refractivity contribution in [2.24, 2.45) is 5.73 Å². The first-order valence-corrected chi connectivity index (χ1v) is 6.72. The van der Waals surface area contributed by atoms with Crippen LogP contribution in [0.15, 0.2) is 48.5 Å². The van der Waals surface area contributed by atoms with Gasteiger partial charge in [0.15, 0.2) is 0 Å². The molecule has 0 heterocycles. The van der Waals surface area contributed by atoms with Gasteiger partial charge < -0.3 is 10.5 Å². The summed E-state index contributed by atoms with van der Waals surface area (Å²) in [4.78, 5) is 0. The second kappa shape index (κ2) is 6.09. The largest absolute Gasteiger partial charge is 0.484 e. The maximum Gasteiger partial charge on any atom is 0.138 e. The highest BCUT2D eigenvalue weighted by atomic mass is 35.5. The van der Waals surface area contributed by atoms with E-state index < -0.39 is 0 Å². The summed E-state index contributed by atoms with van der Waals surface area (Å²) in [5, 5.41) is 0.595. The third-order valence-corrected chi connectivity index (χ3v) is 3.35. The minimum atomic E-state index is -0.0418. The van der Waals surface area contributed by atoms with Crippen LogP contribution in [0.4, 0.5) is 0 Å². The highest BCUT2D eigenvalue weighted by molar-refractivity contribution is 6.32. The highest BCUT2D eigenvalue weighted by Gasteiger charge is 2.10. The fourth-order valence-electron chi connectivity index (χ4n) is 1.88. The van der Waals surface area contributed by atoms with Gasteiger partial charge in [-0.1, -0.05) is 48.0 Å². The molecule has 0 spiro atoms. The molecule has 3 heteroatoms. The summed E-state index contributed by atoms with van der Waals surface area (Å²) < 4.78 is 5.89. The molecular weight excluding hydrogens is 258 g/mol. The average Bonchev–Trinajstić information content (AvgIpc) is 2.41. The van der Waals surface area contributed by atoms with Crippen LogP contribution in [0.3, 0.4) is 0 Å². The summed E-state index contributed by atoms with van der Waals surface area (Å²) in [5.74, 6) is 0.683. The topological polar surface area (TPSA) is 35.2 Å². The fourth-order valence-corrected chi connectivity index (χ4v) is 2.11. The average molecular weight is 276 g/mol. The zero-order valence-corrected chi connectivity index (χ0v) is 11.9. The van der Waals surface area contributed by atoms with E-state index in [-0.39, 0.29) is 12.1 Å². The molecule has 100 valence electrons. The van der Waals surface area contributed by atoms with E-state index in [0.717, 1.165) is 11.1 Å². The first kappa shape index (κ1) is 13.9. The number of hydrogen-bond donors (Lipinski definition) is 1. The van der Waals surface area contributed by atoms with Gasteiger partial charge in [-0.2, -0.15) is 0 Å². The molecule has 19 heavy (non-hydrogen) atoms. The van der Waals surface area contributed by atoms with Gasteiger partial charge in [-0.25, -0.2) is 0 Å². The Hall–Kier alpha value is -1.51. The fraction of sp³-hybridized carbons (Fsp3) is 0.250. The number of nitrogens with two attached hydrogens (primary N) is 1. The van der Waals surface area contributed by atoms with Gasteiger partial charge in [-0.3, -0.25) is 0 Å². The first-order valence-electron chi connectivity index (χ1n) is 6.34. The Morgan fingerprint density at radius 1 is 1.00 bits per heavy atom. The zero-order chi connectivity index (χ0) is 13.8. The lowest BCUT2D eigenvalue weighted by molar-refractivity contribution is 0.227. The van der Waals surface area contributed by atoms with Crippen LogP contribution in [0.2, 0.25) is 5.02 Å². The first-order chi connectivity index (χ1) is 9.08. The van der Waals surface area contributed by atoms with Gasteiger partial charge in [0.1, 0.15) is 11.9 Å².